The molecule has 1 heterocycles. The van der Waals surface area contributed by atoms with E-state index in [9.17, 15) is 4.79 Å². The Morgan fingerprint density at radius 3 is 2.69 bits per heavy atom. The van der Waals surface area contributed by atoms with Crippen molar-refractivity contribution in [1.82, 2.24) is 0 Å². The van der Waals surface area contributed by atoms with Gasteiger partial charge in [-0.1, -0.05) is 59.0 Å². The quantitative estimate of drug-likeness (QED) is 0.224. The molecule has 4 nitrogen and oxygen atoms in total. The Hall–Kier alpha value is -1.97. The van der Waals surface area contributed by atoms with Gasteiger partial charge in [-0.2, -0.15) is 0 Å². The first-order chi connectivity index (χ1) is 15.3. The lowest BCUT2D eigenvalue weighted by molar-refractivity contribution is -0.137. The van der Waals surface area contributed by atoms with Gasteiger partial charge in [-0.3, -0.25) is 4.79 Å². The molecule has 2 atom stereocenters. The zero-order chi connectivity index (χ0) is 23.4. The molecular weight excluding hydrogens is 400 g/mol. The van der Waals surface area contributed by atoms with Crippen LogP contribution in [0.4, 0.5) is 0 Å². The second-order valence-corrected chi connectivity index (χ2v) is 10.2. The average Bonchev–Trinajstić information content (AvgIpc) is 2.72. The molecule has 0 aromatic heterocycles. The normalized spacial score (nSPS) is 19.0. The van der Waals surface area contributed by atoms with Gasteiger partial charge in [0, 0.05) is 6.42 Å². The third-order valence-electron chi connectivity index (χ3n) is 6.31. The average molecular weight is 445 g/mol. The Morgan fingerprint density at radius 1 is 1.16 bits per heavy atom. The van der Waals surface area contributed by atoms with Crippen molar-refractivity contribution in [3.05, 3.63) is 35.9 Å². The van der Waals surface area contributed by atoms with Crippen LogP contribution in [0.5, 0.6) is 11.5 Å². The first kappa shape index (κ1) is 26.3. The fraction of sp³-hybridized carbons (Fsp3) is 0.679. The van der Waals surface area contributed by atoms with E-state index in [0.717, 1.165) is 68.3 Å². The molecule has 1 aromatic carbocycles. The molecule has 0 fully saturated rings. The molecule has 0 radical (unpaired) electrons. The lowest BCUT2D eigenvalue weighted by Crippen LogP contribution is -2.34. The SMILES string of the molecule is CC(C)CCCC(C)CC=CC1(C)CCc2cc(OCCCCCCC(=O)O)ccc2O1. The van der Waals surface area contributed by atoms with Crippen LogP contribution in [0.15, 0.2) is 30.4 Å². The fourth-order valence-electron chi connectivity index (χ4n) is 4.21. The zero-order valence-corrected chi connectivity index (χ0v) is 20.7. The topological polar surface area (TPSA) is 55.8 Å². The number of carboxylic acid groups (broad SMARTS) is 1. The fourth-order valence-corrected chi connectivity index (χ4v) is 4.21. The van der Waals surface area contributed by atoms with Crippen LogP contribution in [0.3, 0.4) is 0 Å². The molecule has 1 aliphatic heterocycles. The minimum Gasteiger partial charge on any atom is -0.494 e. The maximum atomic E-state index is 10.5. The van der Waals surface area contributed by atoms with Gasteiger partial charge in [0.05, 0.1) is 6.61 Å². The standard InChI is InChI=1S/C28H44O4/c1-22(2)11-9-12-23(3)13-10-18-28(4)19-17-24-21-25(15-16-26(24)32-28)31-20-8-6-5-7-14-27(29)30/h10,15-16,18,21-23H,5-9,11-14,17,19-20H2,1-4H3,(H,29,30). The van der Waals surface area contributed by atoms with Gasteiger partial charge in [0.15, 0.2) is 0 Å². The van der Waals surface area contributed by atoms with Crippen molar-refractivity contribution in [2.75, 3.05) is 6.61 Å². The van der Waals surface area contributed by atoms with Gasteiger partial charge >= 0.3 is 5.97 Å². The number of carbonyl (C=O) groups is 1. The van der Waals surface area contributed by atoms with E-state index < -0.39 is 5.97 Å². The summed E-state index contributed by atoms with van der Waals surface area (Å²) < 4.78 is 12.3. The van der Waals surface area contributed by atoms with Crippen molar-refractivity contribution in [1.29, 1.82) is 0 Å². The maximum absolute atomic E-state index is 10.5. The first-order valence-electron chi connectivity index (χ1n) is 12.6. The van der Waals surface area contributed by atoms with E-state index in [0.29, 0.717) is 6.61 Å². The molecule has 32 heavy (non-hydrogen) atoms. The summed E-state index contributed by atoms with van der Waals surface area (Å²) in [5, 5.41) is 8.66. The Morgan fingerprint density at radius 2 is 1.94 bits per heavy atom. The highest BCUT2D eigenvalue weighted by Crippen LogP contribution is 2.36. The summed E-state index contributed by atoms with van der Waals surface area (Å²) in [6, 6.07) is 6.15. The number of carboxylic acids is 1. The number of fused-ring (bicyclic) bond motifs is 1. The Labute approximate surface area is 195 Å². The smallest absolute Gasteiger partial charge is 0.303 e. The molecule has 1 aromatic rings. The van der Waals surface area contributed by atoms with Gasteiger partial charge in [0.25, 0.3) is 0 Å². The number of hydrogen-bond donors (Lipinski definition) is 1. The van der Waals surface area contributed by atoms with Gasteiger partial charge in [-0.25, -0.2) is 0 Å². The van der Waals surface area contributed by atoms with Gasteiger partial charge < -0.3 is 14.6 Å². The van der Waals surface area contributed by atoms with Gasteiger partial charge in [0.1, 0.15) is 17.1 Å². The van der Waals surface area contributed by atoms with E-state index in [1.807, 2.05) is 12.1 Å². The predicted octanol–water partition coefficient (Wildman–Crippen LogP) is 7.59. The maximum Gasteiger partial charge on any atom is 0.303 e. The monoisotopic (exact) mass is 444 g/mol. The minimum absolute atomic E-state index is 0.233. The van der Waals surface area contributed by atoms with Crippen molar-refractivity contribution in [2.24, 2.45) is 11.8 Å². The highest BCUT2D eigenvalue weighted by Gasteiger charge is 2.29. The molecule has 0 saturated heterocycles. The summed E-state index contributed by atoms with van der Waals surface area (Å²) in [6.07, 6.45) is 15.5. The molecule has 0 aliphatic carbocycles. The molecule has 0 spiro atoms. The largest absolute Gasteiger partial charge is 0.494 e. The van der Waals surface area contributed by atoms with Crippen LogP contribution in [0.2, 0.25) is 0 Å². The third kappa shape index (κ3) is 10.1. The molecular formula is C28H44O4. The highest BCUT2D eigenvalue weighted by molar-refractivity contribution is 5.66. The Kier molecular flexibility index (Phi) is 11.1. The van der Waals surface area contributed by atoms with Crippen molar-refractivity contribution in [3.8, 4) is 11.5 Å². The predicted molar refractivity (Wildman–Crippen MR) is 132 cm³/mol. The van der Waals surface area contributed by atoms with Crippen molar-refractivity contribution in [3.63, 3.8) is 0 Å². The van der Waals surface area contributed by atoms with E-state index in [4.69, 9.17) is 14.6 Å². The molecule has 180 valence electrons. The molecule has 2 rings (SSSR count). The number of benzene rings is 1. The second kappa shape index (κ2) is 13.5. The summed E-state index contributed by atoms with van der Waals surface area (Å²) in [6.45, 7) is 9.80. The molecule has 4 heteroatoms. The molecule has 0 amide bonds. The van der Waals surface area contributed by atoms with E-state index in [1.165, 1.54) is 24.8 Å². The van der Waals surface area contributed by atoms with Gasteiger partial charge in [-0.15, -0.1) is 0 Å². The Balaban J connectivity index is 1.73. The van der Waals surface area contributed by atoms with Gasteiger partial charge in [0.2, 0.25) is 0 Å². The van der Waals surface area contributed by atoms with Crippen LogP contribution < -0.4 is 9.47 Å². The lowest BCUT2D eigenvalue weighted by atomic mass is 9.91. The number of aliphatic carboxylic acids is 1. The van der Waals surface area contributed by atoms with E-state index in [2.05, 4.69) is 45.9 Å². The summed E-state index contributed by atoms with van der Waals surface area (Å²) >= 11 is 0. The molecule has 0 saturated carbocycles. The molecule has 0 bridgehead atoms. The number of ether oxygens (including phenoxy) is 2. The number of hydrogen-bond acceptors (Lipinski definition) is 3. The third-order valence-corrected chi connectivity index (χ3v) is 6.31. The second-order valence-electron chi connectivity index (χ2n) is 10.2. The summed E-state index contributed by atoms with van der Waals surface area (Å²) in [7, 11) is 0. The lowest BCUT2D eigenvalue weighted by Gasteiger charge is -2.33. The summed E-state index contributed by atoms with van der Waals surface area (Å²) in [5.74, 6) is 2.67. The van der Waals surface area contributed by atoms with Gasteiger partial charge in [-0.05, 0) is 80.7 Å². The summed E-state index contributed by atoms with van der Waals surface area (Å²) in [4.78, 5) is 10.5. The van der Waals surface area contributed by atoms with Crippen LogP contribution in [-0.4, -0.2) is 23.3 Å². The Bertz CT molecular complexity index is 724. The summed E-state index contributed by atoms with van der Waals surface area (Å²) in [5.41, 5.74) is 0.986. The number of unbranched alkanes of at least 4 members (excludes halogenated alkanes) is 3. The number of allylic oxidation sites excluding steroid dienone is 1. The van der Waals surface area contributed by atoms with Crippen LogP contribution in [0.1, 0.15) is 97.5 Å². The van der Waals surface area contributed by atoms with E-state index in [1.54, 1.807) is 0 Å². The van der Waals surface area contributed by atoms with Crippen LogP contribution in [0.25, 0.3) is 0 Å². The van der Waals surface area contributed by atoms with Crippen LogP contribution in [0, 0.1) is 11.8 Å². The van der Waals surface area contributed by atoms with Crippen molar-refractivity contribution in [2.45, 2.75) is 104 Å². The highest BCUT2D eigenvalue weighted by atomic mass is 16.5. The van der Waals surface area contributed by atoms with E-state index in [-0.39, 0.29) is 12.0 Å². The zero-order valence-electron chi connectivity index (χ0n) is 20.7. The van der Waals surface area contributed by atoms with Crippen molar-refractivity contribution >= 4 is 5.97 Å². The molecule has 1 N–H and O–H groups in total. The molecule has 2 unspecified atom stereocenters. The first-order valence-corrected chi connectivity index (χ1v) is 12.6. The van der Waals surface area contributed by atoms with E-state index >= 15 is 0 Å². The number of aryl methyl sites for hydroxylation is 1. The minimum atomic E-state index is -0.712. The number of rotatable bonds is 15. The van der Waals surface area contributed by atoms with Crippen LogP contribution >= 0.6 is 0 Å². The van der Waals surface area contributed by atoms with Crippen molar-refractivity contribution < 1.29 is 19.4 Å². The molecule has 1 aliphatic rings. The van der Waals surface area contributed by atoms with Crippen LogP contribution in [-0.2, 0) is 11.2 Å².